The van der Waals surface area contributed by atoms with E-state index in [0.29, 0.717) is 24.3 Å². The molecular formula is C18H15F3N2O3. The number of hydrogen-bond acceptors (Lipinski definition) is 3. The molecule has 2 amide bonds. The Morgan fingerprint density at radius 3 is 2.38 bits per heavy atom. The molecule has 0 spiro atoms. The number of anilines is 2. The molecule has 26 heavy (non-hydrogen) atoms. The van der Waals surface area contributed by atoms with Crippen LogP contribution in [-0.4, -0.2) is 24.7 Å². The molecule has 1 aliphatic rings. The average Bonchev–Trinajstić information content (AvgIpc) is 3.00. The van der Waals surface area contributed by atoms with E-state index in [0.717, 1.165) is 18.6 Å². The van der Waals surface area contributed by atoms with Crippen molar-refractivity contribution in [1.82, 2.24) is 0 Å². The van der Waals surface area contributed by atoms with Crippen molar-refractivity contribution in [2.45, 2.75) is 19.2 Å². The highest BCUT2D eigenvalue weighted by atomic mass is 19.4. The molecule has 0 atom stereocenters. The van der Waals surface area contributed by atoms with Crippen LogP contribution in [0, 0.1) is 0 Å². The number of carbonyl (C=O) groups is 2. The van der Waals surface area contributed by atoms with Crippen molar-refractivity contribution in [1.29, 1.82) is 0 Å². The number of alkyl halides is 3. The van der Waals surface area contributed by atoms with Crippen molar-refractivity contribution < 1.29 is 27.5 Å². The summed E-state index contributed by atoms with van der Waals surface area (Å²) in [5, 5.41) is 2.70. The first kappa shape index (κ1) is 17.8. The SMILES string of the molecule is O=C(Nc1ccccc1N1CCCC1=O)c1ccc(OC(F)(F)F)cc1. The van der Waals surface area contributed by atoms with Crippen LogP contribution >= 0.6 is 0 Å². The maximum Gasteiger partial charge on any atom is 0.573 e. The molecule has 0 aliphatic carbocycles. The highest BCUT2D eigenvalue weighted by molar-refractivity contribution is 6.08. The van der Waals surface area contributed by atoms with Gasteiger partial charge < -0.3 is 15.0 Å². The molecule has 8 heteroatoms. The van der Waals surface area contributed by atoms with Crippen LogP contribution in [0.25, 0.3) is 0 Å². The van der Waals surface area contributed by atoms with Crippen LogP contribution in [-0.2, 0) is 4.79 Å². The Kier molecular flexibility index (Phi) is 4.83. The highest BCUT2D eigenvalue weighted by Gasteiger charge is 2.31. The summed E-state index contributed by atoms with van der Waals surface area (Å²) < 4.78 is 40.3. The second-order valence-corrected chi connectivity index (χ2v) is 5.69. The Hall–Kier alpha value is -3.03. The Morgan fingerprint density at radius 1 is 1.08 bits per heavy atom. The van der Waals surface area contributed by atoms with E-state index in [-0.39, 0.29) is 11.5 Å². The maximum atomic E-state index is 12.4. The summed E-state index contributed by atoms with van der Waals surface area (Å²) in [6.07, 6.45) is -3.57. The first-order valence-electron chi connectivity index (χ1n) is 7.90. The van der Waals surface area contributed by atoms with Crippen LogP contribution in [0.15, 0.2) is 48.5 Å². The molecule has 2 aromatic carbocycles. The summed E-state index contributed by atoms with van der Waals surface area (Å²) in [5.41, 5.74) is 1.23. The smallest absolute Gasteiger partial charge is 0.406 e. The van der Waals surface area contributed by atoms with Crippen molar-refractivity contribution in [3.8, 4) is 5.75 Å². The zero-order valence-corrected chi connectivity index (χ0v) is 13.5. The molecule has 2 aromatic rings. The number of halogens is 3. The maximum absolute atomic E-state index is 12.4. The lowest BCUT2D eigenvalue weighted by Gasteiger charge is -2.20. The lowest BCUT2D eigenvalue weighted by atomic mass is 10.2. The molecule has 1 fully saturated rings. The fraction of sp³-hybridized carbons (Fsp3) is 0.222. The van der Waals surface area contributed by atoms with Crippen molar-refractivity contribution in [3.63, 3.8) is 0 Å². The van der Waals surface area contributed by atoms with Gasteiger partial charge in [0.1, 0.15) is 5.75 Å². The fourth-order valence-electron chi connectivity index (χ4n) is 2.72. The number of nitrogens with zero attached hydrogens (tertiary/aromatic N) is 1. The van der Waals surface area contributed by atoms with Gasteiger partial charge in [-0.1, -0.05) is 12.1 Å². The van der Waals surface area contributed by atoms with Crippen molar-refractivity contribution in [3.05, 3.63) is 54.1 Å². The van der Waals surface area contributed by atoms with E-state index < -0.39 is 18.0 Å². The van der Waals surface area contributed by atoms with Crippen molar-refractivity contribution in [2.24, 2.45) is 0 Å². The van der Waals surface area contributed by atoms with Crippen molar-refractivity contribution in [2.75, 3.05) is 16.8 Å². The molecule has 5 nitrogen and oxygen atoms in total. The van der Waals surface area contributed by atoms with Gasteiger partial charge >= 0.3 is 6.36 Å². The largest absolute Gasteiger partial charge is 0.573 e. The number of hydrogen-bond donors (Lipinski definition) is 1. The van der Waals surface area contributed by atoms with E-state index >= 15 is 0 Å². The van der Waals surface area contributed by atoms with Crippen LogP contribution < -0.4 is 15.0 Å². The van der Waals surface area contributed by atoms with Gasteiger partial charge in [0.25, 0.3) is 5.91 Å². The molecule has 0 saturated carbocycles. The molecule has 0 radical (unpaired) electrons. The summed E-state index contributed by atoms with van der Waals surface area (Å²) in [4.78, 5) is 25.9. The number of rotatable bonds is 4. The van der Waals surface area contributed by atoms with Gasteiger partial charge in [0, 0.05) is 18.5 Å². The minimum Gasteiger partial charge on any atom is -0.406 e. The minimum atomic E-state index is -4.79. The molecule has 3 rings (SSSR count). The highest BCUT2D eigenvalue weighted by Crippen LogP contribution is 2.30. The molecule has 1 aliphatic heterocycles. The van der Waals surface area contributed by atoms with E-state index in [1.54, 1.807) is 29.2 Å². The third-order valence-corrected chi connectivity index (χ3v) is 3.87. The van der Waals surface area contributed by atoms with Gasteiger partial charge in [-0.2, -0.15) is 0 Å². The van der Waals surface area contributed by atoms with E-state index in [1.807, 2.05) is 0 Å². The third kappa shape index (κ3) is 4.14. The second-order valence-electron chi connectivity index (χ2n) is 5.69. The van der Waals surface area contributed by atoms with Crippen LogP contribution in [0.2, 0.25) is 0 Å². The normalized spacial score (nSPS) is 14.4. The fourth-order valence-corrected chi connectivity index (χ4v) is 2.72. The third-order valence-electron chi connectivity index (χ3n) is 3.87. The van der Waals surface area contributed by atoms with Crippen LogP contribution in [0.4, 0.5) is 24.5 Å². The van der Waals surface area contributed by atoms with Crippen LogP contribution in [0.1, 0.15) is 23.2 Å². The molecule has 1 heterocycles. The molecular weight excluding hydrogens is 349 g/mol. The number of nitrogens with one attached hydrogen (secondary N) is 1. The average molecular weight is 364 g/mol. The van der Waals surface area contributed by atoms with Gasteiger partial charge in [-0.25, -0.2) is 0 Å². The van der Waals surface area contributed by atoms with Gasteiger partial charge in [-0.15, -0.1) is 13.2 Å². The molecule has 1 saturated heterocycles. The quantitative estimate of drug-likeness (QED) is 0.893. The summed E-state index contributed by atoms with van der Waals surface area (Å²) in [6.45, 7) is 0.579. The van der Waals surface area contributed by atoms with E-state index in [2.05, 4.69) is 10.1 Å². The number of benzene rings is 2. The summed E-state index contributed by atoms with van der Waals surface area (Å²) in [7, 11) is 0. The standard InChI is InChI=1S/C18H15F3N2O3/c19-18(20,21)26-13-9-7-12(8-10-13)17(25)22-14-4-1-2-5-15(14)23-11-3-6-16(23)24/h1-2,4-5,7-10H,3,6,11H2,(H,22,25). The number of amides is 2. The zero-order chi connectivity index (χ0) is 18.7. The van der Waals surface area contributed by atoms with Gasteiger partial charge in [-0.05, 0) is 42.8 Å². The van der Waals surface area contributed by atoms with E-state index in [1.165, 1.54) is 12.1 Å². The summed E-state index contributed by atoms with van der Waals surface area (Å²) in [5.74, 6) is -0.917. The van der Waals surface area contributed by atoms with E-state index in [4.69, 9.17) is 0 Å². The summed E-state index contributed by atoms with van der Waals surface area (Å²) >= 11 is 0. The number of para-hydroxylation sites is 2. The molecule has 0 bridgehead atoms. The van der Waals surface area contributed by atoms with Gasteiger partial charge in [-0.3, -0.25) is 9.59 Å². The zero-order valence-electron chi connectivity index (χ0n) is 13.5. The topological polar surface area (TPSA) is 58.6 Å². The Balaban J connectivity index is 1.75. The van der Waals surface area contributed by atoms with E-state index in [9.17, 15) is 22.8 Å². The summed E-state index contributed by atoms with van der Waals surface area (Å²) in [6, 6.07) is 11.5. The lowest BCUT2D eigenvalue weighted by molar-refractivity contribution is -0.274. The van der Waals surface area contributed by atoms with Crippen LogP contribution in [0.3, 0.4) is 0 Å². The van der Waals surface area contributed by atoms with Crippen molar-refractivity contribution >= 4 is 23.2 Å². The lowest BCUT2D eigenvalue weighted by Crippen LogP contribution is -2.25. The minimum absolute atomic E-state index is 0.0136. The molecule has 0 unspecified atom stereocenters. The molecule has 0 aromatic heterocycles. The first-order chi connectivity index (χ1) is 12.3. The Morgan fingerprint density at radius 2 is 1.77 bits per heavy atom. The van der Waals surface area contributed by atoms with Gasteiger partial charge in [0.2, 0.25) is 5.91 Å². The molecule has 1 N–H and O–H groups in total. The number of carbonyl (C=O) groups excluding carboxylic acids is 2. The predicted molar refractivity (Wildman–Crippen MR) is 89.1 cm³/mol. The molecule has 136 valence electrons. The monoisotopic (exact) mass is 364 g/mol. The number of ether oxygens (including phenoxy) is 1. The Labute approximate surface area is 147 Å². The Bertz CT molecular complexity index is 819. The van der Waals surface area contributed by atoms with Gasteiger partial charge in [0.05, 0.1) is 11.4 Å². The second kappa shape index (κ2) is 7.07. The van der Waals surface area contributed by atoms with Gasteiger partial charge in [0.15, 0.2) is 0 Å². The van der Waals surface area contributed by atoms with Crippen LogP contribution in [0.5, 0.6) is 5.75 Å². The predicted octanol–water partition coefficient (Wildman–Crippen LogP) is 3.96. The first-order valence-corrected chi connectivity index (χ1v) is 7.90.